The van der Waals surface area contributed by atoms with Crippen molar-refractivity contribution in [3.8, 4) is 0 Å². The number of hydrogen-bond acceptors (Lipinski definition) is 5. The van der Waals surface area contributed by atoms with E-state index < -0.39 is 10.0 Å². The molecule has 0 aliphatic rings. The summed E-state index contributed by atoms with van der Waals surface area (Å²) in [5.41, 5.74) is 1.37. The minimum absolute atomic E-state index is 0.105. The molecule has 2 aromatic heterocycles. The van der Waals surface area contributed by atoms with Crippen LogP contribution in [-0.2, 0) is 23.1 Å². The Kier molecular flexibility index (Phi) is 4.94. The third-order valence-electron chi connectivity index (χ3n) is 2.70. The smallest absolute Gasteiger partial charge is 0.242 e. The second-order valence-electron chi connectivity index (χ2n) is 4.35. The van der Waals surface area contributed by atoms with Gasteiger partial charge in [0.1, 0.15) is 6.26 Å². The summed E-state index contributed by atoms with van der Waals surface area (Å²) in [4.78, 5) is 3.17. The standard InChI is InChI=1S/C12H18N4O3S/c1-2-4-13-7-11-6-12(9-14-11)20(17,18)15-8-10-3-5-19-16-10/h3,5-6,9,13-15H,2,4,7-8H2,1H3. The first kappa shape index (κ1) is 14.8. The largest absolute Gasteiger partial charge is 0.364 e. The maximum Gasteiger partial charge on any atom is 0.242 e. The molecular weight excluding hydrogens is 280 g/mol. The van der Waals surface area contributed by atoms with Crippen molar-refractivity contribution >= 4 is 10.0 Å². The van der Waals surface area contributed by atoms with Gasteiger partial charge in [-0.25, -0.2) is 13.1 Å². The van der Waals surface area contributed by atoms with E-state index in [4.69, 9.17) is 0 Å². The first-order valence-electron chi connectivity index (χ1n) is 6.39. The van der Waals surface area contributed by atoms with Crippen molar-refractivity contribution < 1.29 is 12.9 Å². The van der Waals surface area contributed by atoms with E-state index in [1.807, 2.05) is 0 Å². The van der Waals surface area contributed by atoms with Gasteiger partial charge in [-0.2, -0.15) is 0 Å². The van der Waals surface area contributed by atoms with Gasteiger partial charge in [-0.1, -0.05) is 12.1 Å². The maximum absolute atomic E-state index is 12.1. The van der Waals surface area contributed by atoms with Crippen LogP contribution in [0.15, 0.2) is 34.0 Å². The summed E-state index contributed by atoms with van der Waals surface area (Å²) in [5, 5.41) is 6.85. The van der Waals surface area contributed by atoms with E-state index in [9.17, 15) is 8.42 Å². The van der Waals surface area contributed by atoms with Crippen molar-refractivity contribution in [3.05, 3.63) is 36.0 Å². The molecule has 2 aromatic rings. The fourth-order valence-electron chi connectivity index (χ4n) is 1.66. The van der Waals surface area contributed by atoms with E-state index in [0.29, 0.717) is 12.2 Å². The van der Waals surface area contributed by atoms with Crippen LogP contribution >= 0.6 is 0 Å². The SMILES string of the molecule is CCCNCc1cc(S(=O)(=O)NCc2ccon2)c[nH]1. The van der Waals surface area contributed by atoms with Crippen molar-refractivity contribution in [1.82, 2.24) is 20.2 Å². The molecule has 2 rings (SSSR count). The first-order valence-corrected chi connectivity index (χ1v) is 7.87. The predicted molar refractivity (Wildman–Crippen MR) is 73.3 cm³/mol. The average molecular weight is 298 g/mol. The van der Waals surface area contributed by atoms with Crippen molar-refractivity contribution in [2.75, 3.05) is 6.54 Å². The fraction of sp³-hybridized carbons (Fsp3) is 0.417. The molecule has 0 fully saturated rings. The van der Waals surface area contributed by atoms with Gasteiger partial charge in [0.15, 0.2) is 0 Å². The average Bonchev–Trinajstić information content (AvgIpc) is 3.08. The molecule has 3 N–H and O–H groups in total. The highest BCUT2D eigenvalue weighted by molar-refractivity contribution is 7.89. The highest BCUT2D eigenvalue weighted by Gasteiger charge is 2.16. The van der Waals surface area contributed by atoms with Crippen LogP contribution in [0.2, 0.25) is 0 Å². The van der Waals surface area contributed by atoms with Crippen LogP contribution < -0.4 is 10.0 Å². The van der Waals surface area contributed by atoms with Crippen LogP contribution in [0.4, 0.5) is 0 Å². The van der Waals surface area contributed by atoms with E-state index in [1.54, 1.807) is 12.1 Å². The summed E-state index contributed by atoms with van der Waals surface area (Å²) in [7, 11) is -3.54. The molecule has 2 heterocycles. The lowest BCUT2D eigenvalue weighted by molar-refractivity contribution is 0.411. The topological polar surface area (TPSA) is 100 Å². The third kappa shape index (κ3) is 3.92. The third-order valence-corrected chi connectivity index (χ3v) is 4.08. The number of aromatic amines is 1. The Morgan fingerprint density at radius 2 is 2.25 bits per heavy atom. The van der Waals surface area contributed by atoms with Crippen molar-refractivity contribution in [3.63, 3.8) is 0 Å². The Bertz CT molecular complexity index is 619. The number of H-pyrrole nitrogens is 1. The number of nitrogens with zero attached hydrogens (tertiary/aromatic N) is 1. The van der Waals surface area contributed by atoms with Crippen LogP contribution in [0.3, 0.4) is 0 Å². The molecule has 0 aliphatic heterocycles. The highest BCUT2D eigenvalue weighted by atomic mass is 32.2. The van der Waals surface area contributed by atoms with Gasteiger partial charge in [0.2, 0.25) is 10.0 Å². The summed E-state index contributed by atoms with van der Waals surface area (Å²) in [5.74, 6) is 0. The van der Waals surface area contributed by atoms with Gasteiger partial charge < -0.3 is 14.8 Å². The molecule has 0 atom stereocenters. The second-order valence-corrected chi connectivity index (χ2v) is 6.12. The monoisotopic (exact) mass is 298 g/mol. The number of rotatable bonds is 8. The Labute approximate surface area is 117 Å². The van der Waals surface area contributed by atoms with Gasteiger partial charge in [-0.05, 0) is 19.0 Å². The van der Waals surface area contributed by atoms with Crippen LogP contribution in [-0.4, -0.2) is 25.1 Å². The van der Waals surface area contributed by atoms with Crippen molar-refractivity contribution in [2.24, 2.45) is 0 Å². The lowest BCUT2D eigenvalue weighted by atomic mass is 10.4. The molecule has 0 saturated carbocycles. The van der Waals surface area contributed by atoms with E-state index in [2.05, 4.69) is 31.6 Å². The fourth-order valence-corrected chi connectivity index (χ4v) is 2.67. The first-order chi connectivity index (χ1) is 9.62. The molecule has 0 bridgehead atoms. The summed E-state index contributed by atoms with van der Waals surface area (Å²) in [6, 6.07) is 3.23. The van der Waals surface area contributed by atoms with Gasteiger partial charge in [0, 0.05) is 24.5 Å². The lowest BCUT2D eigenvalue weighted by Gasteiger charge is -2.02. The zero-order valence-corrected chi connectivity index (χ0v) is 12.0. The normalized spacial score (nSPS) is 11.8. The molecule has 0 aliphatic carbocycles. The zero-order chi connectivity index (χ0) is 14.4. The molecule has 8 heteroatoms. The second kappa shape index (κ2) is 6.69. The Balaban J connectivity index is 1.95. The molecule has 110 valence electrons. The molecule has 0 saturated heterocycles. The number of aromatic nitrogens is 2. The molecule has 0 spiro atoms. The number of hydrogen-bond donors (Lipinski definition) is 3. The van der Waals surface area contributed by atoms with E-state index in [1.165, 1.54) is 12.5 Å². The minimum Gasteiger partial charge on any atom is -0.364 e. The predicted octanol–water partition coefficient (Wildman–Crippen LogP) is 0.981. The molecule has 7 nitrogen and oxygen atoms in total. The summed E-state index contributed by atoms with van der Waals surface area (Å²) < 4.78 is 31.2. The molecule has 0 amide bonds. The van der Waals surface area contributed by atoms with E-state index >= 15 is 0 Å². The van der Waals surface area contributed by atoms with Crippen LogP contribution in [0.1, 0.15) is 24.7 Å². The van der Waals surface area contributed by atoms with Gasteiger partial charge in [-0.15, -0.1) is 0 Å². The Hall–Kier alpha value is -1.64. The summed E-state index contributed by atoms with van der Waals surface area (Å²) in [6.07, 6.45) is 3.91. The maximum atomic E-state index is 12.1. The minimum atomic E-state index is -3.54. The quantitative estimate of drug-likeness (QED) is 0.631. The van der Waals surface area contributed by atoms with Crippen LogP contribution in [0, 0.1) is 0 Å². The molecule has 0 unspecified atom stereocenters. The van der Waals surface area contributed by atoms with Gasteiger partial charge in [-0.3, -0.25) is 0 Å². The van der Waals surface area contributed by atoms with E-state index in [0.717, 1.165) is 18.7 Å². The van der Waals surface area contributed by atoms with Crippen LogP contribution in [0.5, 0.6) is 0 Å². The van der Waals surface area contributed by atoms with Crippen molar-refractivity contribution in [1.29, 1.82) is 0 Å². The molecule has 20 heavy (non-hydrogen) atoms. The molecule has 0 radical (unpaired) electrons. The molecular formula is C12H18N4O3S. The molecule has 0 aromatic carbocycles. The summed E-state index contributed by atoms with van der Waals surface area (Å²) >= 11 is 0. The number of sulfonamides is 1. The lowest BCUT2D eigenvalue weighted by Crippen LogP contribution is -2.23. The zero-order valence-electron chi connectivity index (χ0n) is 11.2. The Morgan fingerprint density at radius 3 is 2.95 bits per heavy atom. The van der Waals surface area contributed by atoms with E-state index in [-0.39, 0.29) is 11.4 Å². The highest BCUT2D eigenvalue weighted by Crippen LogP contribution is 2.11. The summed E-state index contributed by atoms with van der Waals surface area (Å²) in [6.45, 7) is 3.69. The van der Waals surface area contributed by atoms with Gasteiger partial charge in [0.25, 0.3) is 0 Å². The van der Waals surface area contributed by atoms with Crippen LogP contribution in [0.25, 0.3) is 0 Å². The Morgan fingerprint density at radius 1 is 1.40 bits per heavy atom. The van der Waals surface area contributed by atoms with Gasteiger partial charge in [0.05, 0.1) is 17.1 Å². The van der Waals surface area contributed by atoms with Crippen molar-refractivity contribution in [2.45, 2.75) is 31.3 Å². The number of nitrogens with one attached hydrogen (secondary N) is 3. The van der Waals surface area contributed by atoms with Gasteiger partial charge >= 0.3 is 0 Å².